The first-order chi connectivity index (χ1) is 12.0. The lowest BCUT2D eigenvalue weighted by atomic mass is 10.1. The number of imide groups is 1. The van der Waals surface area contributed by atoms with Crippen LogP contribution >= 0.6 is 0 Å². The Bertz CT molecular complexity index is 714. The summed E-state index contributed by atoms with van der Waals surface area (Å²) in [4.78, 5) is 36.1. The SMILES string of the molecule is CCCN1C(=O)N/C(=C/c2ccc(OCC(N)=O)c(OCC)c2)C1=O. The molecule has 25 heavy (non-hydrogen) atoms. The lowest BCUT2D eigenvalue weighted by molar-refractivity contribution is -0.123. The van der Waals surface area contributed by atoms with Crippen LogP contribution in [0.5, 0.6) is 11.5 Å². The van der Waals surface area contributed by atoms with Gasteiger partial charge in [-0.15, -0.1) is 0 Å². The second kappa shape index (κ2) is 8.18. The molecule has 1 aromatic carbocycles. The fraction of sp³-hybridized carbons (Fsp3) is 0.353. The maximum Gasteiger partial charge on any atom is 0.329 e. The van der Waals surface area contributed by atoms with E-state index >= 15 is 0 Å². The number of urea groups is 1. The molecule has 1 aliphatic heterocycles. The van der Waals surface area contributed by atoms with Crippen LogP contribution in [-0.4, -0.2) is 42.5 Å². The molecular formula is C17H21N3O5. The van der Waals surface area contributed by atoms with Gasteiger partial charge in [-0.1, -0.05) is 13.0 Å². The minimum absolute atomic E-state index is 0.201. The Morgan fingerprint density at radius 1 is 1.24 bits per heavy atom. The largest absolute Gasteiger partial charge is 0.490 e. The monoisotopic (exact) mass is 347 g/mol. The van der Waals surface area contributed by atoms with E-state index in [0.29, 0.717) is 36.6 Å². The molecule has 1 aromatic rings. The van der Waals surface area contributed by atoms with Gasteiger partial charge >= 0.3 is 6.03 Å². The van der Waals surface area contributed by atoms with Gasteiger partial charge in [0.25, 0.3) is 11.8 Å². The second-order valence-electron chi connectivity index (χ2n) is 5.34. The average Bonchev–Trinajstić information content (AvgIpc) is 2.82. The van der Waals surface area contributed by atoms with Crippen LogP contribution in [0.2, 0.25) is 0 Å². The molecule has 1 saturated heterocycles. The quantitative estimate of drug-likeness (QED) is 0.543. The summed E-state index contributed by atoms with van der Waals surface area (Å²) < 4.78 is 10.8. The Balaban J connectivity index is 2.24. The molecule has 8 heteroatoms. The molecule has 1 heterocycles. The van der Waals surface area contributed by atoms with Crippen LogP contribution < -0.4 is 20.5 Å². The van der Waals surface area contributed by atoms with E-state index in [4.69, 9.17) is 15.2 Å². The lowest BCUT2D eigenvalue weighted by Crippen LogP contribution is -2.31. The molecule has 134 valence electrons. The minimum atomic E-state index is -0.594. The van der Waals surface area contributed by atoms with Crippen LogP contribution in [-0.2, 0) is 9.59 Å². The van der Waals surface area contributed by atoms with Gasteiger partial charge in [-0.2, -0.15) is 0 Å². The topological polar surface area (TPSA) is 111 Å². The van der Waals surface area contributed by atoms with Crippen LogP contribution in [0.4, 0.5) is 4.79 Å². The molecule has 0 bridgehead atoms. The molecule has 2 rings (SSSR count). The standard InChI is InChI=1S/C17H21N3O5/c1-3-7-20-16(22)12(19-17(20)23)8-11-5-6-13(25-10-15(18)21)14(9-11)24-4-2/h5-6,8-9H,3-4,7,10H2,1-2H3,(H2,18,21)(H,19,23)/b12-8+. The molecule has 0 atom stereocenters. The van der Waals surface area contributed by atoms with E-state index in [0.717, 1.165) is 0 Å². The highest BCUT2D eigenvalue weighted by Gasteiger charge is 2.32. The zero-order chi connectivity index (χ0) is 18.4. The van der Waals surface area contributed by atoms with Crippen molar-refractivity contribution >= 4 is 23.9 Å². The summed E-state index contributed by atoms with van der Waals surface area (Å²) in [5, 5.41) is 2.56. The average molecular weight is 347 g/mol. The first-order valence-corrected chi connectivity index (χ1v) is 7.98. The van der Waals surface area contributed by atoms with Crippen LogP contribution in [0.3, 0.4) is 0 Å². The zero-order valence-electron chi connectivity index (χ0n) is 14.2. The molecule has 0 saturated carbocycles. The van der Waals surface area contributed by atoms with E-state index in [2.05, 4.69) is 5.32 Å². The number of primary amides is 1. The molecule has 0 radical (unpaired) electrons. The van der Waals surface area contributed by atoms with Gasteiger partial charge in [0.2, 0.25) is 0 Å². The van der Waals surface area contributed by atoms with E-state index < -0.39 is 11.9 Å². The van der Waals surface area contributed by atoms with Gasteiger partial charge in [-0.05, 0) is 37.1 Å². The van der Waals surface area contributed by atoms with Gasteiger partial charge in [0.15, 0.2) is 18.1 Å². The zero-order valence-corrected chi connectivity index (χ0v) is 14.2. The normalized spacial score (nSPS) is 15.4. The fourth-order valence-corrected chi connectivity index (χ4v) is 2.32. The molecule has 0 unspecified atom stereocenters. The third-order valence-electron chi connectivity index (χ3n) is 3.36. The highest BCUT2D eigenvalue weighted by Crippen LogP contribution is 2.29. The molecular weight excluding hydrogens is 326 g/mol. The predicted octanol–water partition coefficient (Wildman–Crippen LogP) is 1.25. The molecule has 1 fully saturated rings. The summed E-state index contributed by atoms with van der Waals surface area (Å²) in [5.74, 6) is -0.166. The number of amides is 4. The van der Waals surface area contributed by atoms with Crippen molar-refractivity contribution in [3.8, 4) is 11.5 Å². The van der Waals surface area contributed by atoms with Gasteiger partial charge < -0.3 is 20.5 Å². The third kappa shape index (κ3) is 4.50. The van der Waals surface area contributed by atoms with Crippen molar-refractivity contribution in [3.63, 3.8) is 0 Å². The van der Waals surface area contributed by atoms with Crippen molar-refractivity contribution in [3.05, 3.63) is 29.5 Å². The van der Waals surface area contributed by atoms with Crippen LogP contribution in [0.1, 0.15) is 25.8 Å². The third-order valence-corrected chi connectivity index (χ3v) is 3.36. The number of ether oxygens (including phenoxy) is 2. The van der Waals surface area contributed by atoms with Crippen LogP contribution in [0.25, 0.3) is 6.08 Å². The van der Waals surface area contributed by atoms with E-state index in [9.17, 15) is 14.4 Å². The number of carbonyl (C=O) groups excluding carboxylic acids is 3. The number of nitrogens with two attached hydrogens (primary N) is 1. The van der Waals surface area contributed by atoms with E-state index in [1.54, 1.807) is 24.3 Å². The van der Waals surface area contributed by atoms with Gasteiger partial charge in [0.05, 0.1) is 6.61 Å². The Kier molecular flexibility index (Phi) is 5.99. The summed E-state index contributed by atoms with van der Waals surface area (Å²) in [7, 11) is 0. The number of hydrogen-bond donors (Lipinski definition) is 2. The summed E-state index contributed by atoms with van der Waals surface area (Å²) in [6.45, 7) is 4.20. The molecule has 8 nitrogen and oxygen atoms in total. The highest BCUT2D eigenvalue weighted by atomic mass is 16.5. The van der Waals surface area contributed by atoms with Crippen molar-refractivity contribution in [2.45, 2.75) is 20.3 Å². The van der Waals surface area contributed by atoms with Crippen LogP contribution in [0.15, 0.2) is 23.9 Å². The van der Waals surface area contributed by atoms with E-state index in [1.807, 2.05) is 13.8 Å². The Hall–Kier alpha value is -3.03. The number of benzene rings is 1. The smallest absolute Gasteiger partial charge is 0.329 e. The first kappa shape index (κ1) is 18.3. The Morgan fingerprint density at radius 2 is 2.00 bits per heavy atom. The van der Waals surface area contributed by atoms with Crippen molar-refractivity contribution in [1.82, 2.24) is 10.2 Å². The number of hydrogen-bond acceptors (Lipinski definition) is 5. The van der Waals surface area contributed by atoms with Crippen molar-refractivity contribution in [1.29, 1.82) is 0 Å². The molecule has 4 amide bonds. The summed E-state index contributed by atoms with van der Waals surface area (Å²) >= 11 is 0. The minimum Gasteiger partial charge on any atom is -0.490 e. The fourth-order valence-electron chi connectivity index (χ4n) is 2.32. The van der Waals surface area contributed by atoms with Gasteiger partial charge in [-0.3, -0.25) is 14.5 Å². The van der Waals surface area contributed by atoms with Gasteiger partial charge in [-0.25, -0.2) is 4.79 Å². The van der Waals surface area contributed by atoms with E-state index in [1.165, 1.54) is 4.90 Å². The second-order valence-corrected chi connectivity index (χ2v) is 5.34. The van der Waals surface area contributed by atoms with Gasteiger partial charge in [0, 0.05) is 6.54 Å². The number of nitrogens with one attached hydrogen (secondary N) is 1. The maximum atomic E-state index is 12.2. The maximum absolute atomic E-state index is 12.2. The number of carbonyl (C=O) groups is 3. The number of rotatable bonds is 8. The highest BCUT2D eigenvalue weighted by molar-refractivity contribution is 6.13. The van der Waals surface area contributed by atoms with Gasteiger partial charge in [0.1, 0.15) is 5.70 Å². The van der Waals surface area contributed by atoms with Crippen molar-refractivity contribution in [2.75, 3.05) is 19.8 Å². The van der Waals surface area contributed by atoms with Crippen molar-refractivity contribution < 1.29 is 23.9 Å². The molecule has 3 N–H and O–H groups in total. The lowest BCUT2D eigenvalue weighted by Gasteiger charge is -2.11. The number of nitrogens with zero attached hydrogens (tertiary/aromatic N) is 1. The summed E-state index contributed by atoms with van der Waals surface area (Å²) in [5.41, 5.74) is 5.92. The summed E-state index contributed by atoms with van der Waals surface area (Å²) in [6.07, 6.45) is 2.25. The van der Waals surface area contributed by atoms with Crippen molar-refractivity contribution in [2.24, 2.45) is 5.73 Å². The predicted molar refractivity (Wildman–Crippen MR) is 90.8 cm³/mol. The van der Waals surface area contributed by atoms with Crippen LogP contribution in [0, 0.1) is 0 Å². The molecule has 0 aromatic heterocycles. The first-order valence-electron chi connectivity index (χ1n) is 7.98. The summed E-state index contributed by atoms with van der Waals surface area (Å²) in [6, 6.07) is 4.54. The molecule has 0 aliphatic carbocycles. The molecule has 0 spiro atoms. The molecule has 1 aliphatic rings. The van der Waals surface area contributed by atoms with E-state index in [-0.39, 0.29) is 18.2 Å². The Labute approximate surface area is 145 Å². The Morgan fingerprint density at radius 3 is 2.64 bits per heavy atom.